The highest BCUT2D eigenvalue weighted by atomic mass is 32.2. The number of sulfonamides is 1. The molecule has 0 radical (unpaired) electrons. The summed E-state index contributed by atoms with van der Waals surface area (Å²) in [5, 5.41) is 3.67. The Morgan fingerprint density at radius 1 is 1.32 bits per heavy atom. The SMILES string of the molecule is O=S(=O)(NC1CCCN(c2ncccn2)C1)c1cnn(CC(F)F)c1. The number of aromatic nitrogens is 4. The molecule has 25 heavy (non-hydrogen) atoms. The van der Waals surface area contributed by atoms with Crippen LogP contribution >= 0.6 is 0 Å². The summed E-state index contributed by atoms with van der Waals surface area (Å²) in [6.07, 6.45) is 4.31. The Bertz CT molecular complexity index is 799. The number of halogens is 2. The fraction of sp³-hybridized carbons (Fsp3) is 0.500. The zero-order chi connectivity index (χ0) is 17.9. The normalized spacial score (nSPS) is 18.7. The smallest absolute Gasteiger partial charge is 0.257 e. The van der Waals surface area contributed by atoms with Crippen LogP contribution in [0.4, 0.5) is 14.7 Å². The van der Waals surface area contributed by atoms with Crippen molar-refractivity contribution in [2.45, 2.75) is 36.7 Å². The van der Waals surface area contributed by atoms with Crippen LogP contribution < -0.4 is 9.62 Å². The molecule has 1 N–H and O–H groups in total. The van der Waals surface area contributed by atoms with Crippen molar-refractivity contribution in [2.24, 2.45) is 0 Å². The summed E-state index contributed by atoms with van der Waals surface area (Å²) in [5.41, 5.74) is 0. The molecule has 3 heterocycles. The summed E-state index contributed by atoms with van der Waals surface area (Å²) in [6.45, 7) is 0.543. The molecule has 1 saturated heterocycles. The van der Waals surface area contributed by atoms with E-state index in [1.165, 1.54) is 0 Å². The first-order chi connectivity index (χ1) is 11.9. The average molecular weight is 372 g/mol. The van der Waals surface area contributed by atoms with E-state index in [9.17, 15) is 17.2 Å². The largest absolute Gasteiger partial charge is 0.339 e. The summed E-state index contributed by atoms with van der Waals surface area (Å²) in [6, 6.07) is 1.39. The summed E-state index contributed by atoms with van der Waals surface area (Å²) in [5.74, 6) is 0.552. The van der Waals surface area contributed by atoms with E-state index in [4.69, 9.17) is 0 Å². The highest BCUT2D eigenvalue weighted by molar-refractivity contribution is 7.89. The van der Waals surface area contributed by atoms with E-state index < -0.39 is 23.0 Å². The maximum absolute atomic E-state index is 12.4. The molecule has 0 amide bonds. The van der Waals surface area contributed by atoms with E-state index in [0.717, 1.165) is 30.0 Å². The Morgan fingerprint density at radius 3 is 2.80 bits per heavy atom. The van der Waals surface area contributed by atoms with Crippen molar-refractivity contribution in [1.82, 2.24) is 24.5 Å². The van der Waals surface area contributed by atoms with Crippen molar-refractivity contribution in [3.8, 4) is 0 Å². The number of hydrogen-bond donors (Lipinski definition) is 1. The number of rotatable bonds is 6. The van der Waals surface area contributed by atoms with Gasteiger partial charge in [0.1, 0.15) is 11.4 Å². The molecular formula is C14H18F2N6O2S. The van der Waals surface area contributed by atoms with Crippen LogP contribution in [0.15, 0.2) is 35.7 Å². The van der Waals surface area contributed by atoms with Crippen LogP contribution in [0.25, 0.3) is 0 Å². The number of nitrogens with one attached hydrogen (secondary N) is 1. The van der Waals surface area contributed by atoms with Crippen molar-refractivity contribution in [3.63, 3.8) is 0 Å². The minimum Gasteiger partial charge on any atom is -0.339 e. The number of piperidine rings is 1. The molecule has 1 atom stereocenters. The molecule has 0 bridgehead atoms. The van der Waals surface area contributed by atoms with E-state index in [2.05, 4.69) is 19.8 Å². The van der Waals surface area contributed by atoms with Gasteiger partial charge in [0, 0.05) is 37.7 Å². The van der Waals surface area contributed by atoms with E-state index in [0.29, 0.717) is 18.9 Å². The lowest BCUT2D eigenvalue weighted by Gasteiger charge is -2.32. The van der Waals surface area contributed by atoms with Crippen molar-refractivity contribution in [3.05, 3.63) is 30.9 Å². The predicted molar refractivity (Wildman–Crippen MR) is 85.8 cm³/mol. The third-order valence-corrected chi connectivity index (χ3v) is 5.30. The molecule has 1 unspecified atom stereocenters. The van der Waals surface area contributed by atoms with Crippen LogP contribution in [0.1, 0.15) is 12.8 Å². The molecule has 1 aliphatic rings. The zero-order valence-corrected chi connectivity index (χ0v) is 14.1. The van der Waals surface area contributed by atoms with Crippen molar-refractivity contribution >= 4 is 16.0 Å². The van der Waals surface area contributed by atoms with Gasteiger partial charge >= 0.3 is 0 Å². The van der Waals surface area contributed by atoms with Gasteiger partial charge in [0.2, 0.25) is 16.0 Å². The lowest BCUT2D eigenvalue weighted by Crippen LogP contribution is -2.48. The summed E-state index contributed by atoms with van der Waals surface area (Å²) in [7, 11) is -3.83. The van der Waals surface area contributed by atoms with Gasteiger partial charge < -0.3 is 4.90 Å². The second-order valence-corrected chi connectivity index (χ2v) is 7.46. The predicted octanol–water partition coefficient (Wildman–Crippen LogP) is 0.885. The third kappa shape index (κ3) is 4.48. The van der Waals surface area contributed by atoms with Crippen LogP contribution in [0.5, 0.6) is 0 Å². The second-order valence-electron chi connectivity index (χ2n) is 5.74. The van der Waals surface area contributed by atoms with Gasteiger partial charge in [-0.05, 0) is 18.9 Å². The van der Waals surface area contributed by atoms with Gasteiger partial charge in [-0.25, -0.2) is 31.9 Å². The minimum absolute atomic E-state index is 0.124. The van der Waals surface area contributed by atoms with Gasteiger partial charge in [0.05, 0.1) is 6.20 Å². The molecule has 11 heteroatoms. The van der Waals surface area contributed by atoms with E-state index in [-0.39, 0.29) is 10.9 Å². The summed E-state index contributed by atoms with van der Waals surface area (Å²) >= 11 is 0. The van der Waals surface area contributed by atoms with Crippen LogP contribution in [0.2, 0.25) is 0 Å². The van der Waals surface area contributed by atoms with Gasteiger partial charge in [-0.3, -0.25) is 4.68 Å². The molecule has 0 aromatic carbocycles. The fourth-order valence-corrected chi connectivity index (χ4v) is 3.94. The van der Waals surface area contributed by atoms with Gasteiger partial charge in [-0.15, -0.1) is 0 Å². The van der Waals surface area contributed by atoms with Gasteiger partial charge in [-0.1, -0.05) is 0 Å². The fourth-order valence-electron chi connectivity index (χ4n) is 2.72. The minimum atomic E-state index is -3.83. The molecule has 3 rings (SSSR count). The maximum Gasteiger partial charge on any atom is 0.257 e. The topological polar surface area (TPSA) is 93.0 Å². The molecule has 1 aliphatic heterocycles. The molecule has 0 aliphatic carbocycles. The van der Waals surface area contributed by atoms with Crippen molar-refractivity contribution in [2.75, 3.05) is 18.0 Å². The molecule has 2 aromatic heterocycles. The first-order valence-electron chi connectivity index (χ1n) is 7.79. The molecule has 0 saturated carbocycles. The van der Waals surface area contributed by atoms with Crippen LogP contribution in [-0.4, -0.2) is 53.7 Å². The number of anilines is 1. The summed E-state index contributed by atoms with van der Waals surface area (Å²) < 4.78 is 53.1. The first kappa shape index (κ1) is 17.7. The zero-order valence-electron chi connectivity index (χ0n) is 13.3. The van der Waals surface area contributed by atoms with Crippen LogP contribution in [0, 0.1) is 0 Å². The Kier molecular flexibility index (Phi) is 5.23. The van der Waals surface area contributed by atoms with E-state index in [1.807, 2.05) is 4.90 Å². The van der Waals surface area contributed by atoms with Gasteiger partial charge in [0.15, 0.2) is 0 Å². The monoisotopic (exact) mass is 372 g/mol. The van der Waals surface area contributed by atoms with Crippen LogP contribution in [-0.2, 0) is 16.6 Å². The lowest BCUT2D eigenvalue weighted by molar-refractivity contribution is 0.121. The number of nitrogens with zero attached hydrogens (tertiary/aromatic N) is 5. The third-order valence-electron chi connectivity index (χ3n) is 3.82. The quantitative estimate of drug-likeness (QED) is 0.809. The molecule has 136 valence electrons. The second kappa shape index (κ2) is 7.40. The summed E-state index contributed by atoms with van der Waals surface area (Å²) in [4.78, 5) is 10.1. The average Bonchev–Trinajstić information content (AvgIpc) is 3.04. The molecule has 2 aromatic rings. The van der Waals surface area contributed by atoms with Gasteiger partial charge in [-0.2, -0.15) is 5.10 Å². The van der Waals surface area contributed by atoms with Crippen molar-refractivity contribution < 1.29 is 17.2 Å². The molecule has 0 spiro atoms. The Balaban J connectivity index is 1.67. The van der Waals surface area contributed by atoms with Crippen LogP contribution in [0.3, 0.4) is 0 Å². The standard InChI is InChI=1S/C14H18F2N6O2S/c15-13(16)10-22-9-12(7-19-22)25(23,24)20-11-3-1-6-21(8-11)14-17-4-2-5-18-14/h2,4-5,7,9,11,13,20H,1,3,6,8,10H2. The first-order valence-corrected chi connectivity index (χ1v) is 9.27. The van der Waals surface area contributed by atoms with Crippen molar-refractivity contribution in [1.29, 1.82) is 0 Å². The lowest BCUT2D eigenvalue weighted by atomic mass is 10.1. The molecular weight excluding hydrogens is 354 g/mol. The Hall–Kier alpha value is -2.14. The Morgan fingerprint density at radius 2 is 2.08 bits per heavy atom. The highest BCUT2D eigenvalue weighted by Crippen LogP contribution is 2.17. The highest BCUT2D eigenvalue weighted by Gasteiger charge is 2.27. The molecule has 8 nitrogen and oxygen atoms in total. The van der Waals surface area contributed by atoms with E-state index >= 15 is 0 Å². The Labute approximate surface area is 143 Å². The molecule has 1 fully saturated rings. The maximum atomic E-state index is 12.4. The van der Waals surface area contributed by atoms with E-state index in [1.54, 1.807) is 18.5 Å². The number of hydrogen-bond acceptors (Lipinski definition) is 6. The van der Waals surface area contributed by atoms with Gasteiger partial charge in [0.25, 0.3) is 6.43 Å². The number of alkyl halides is 2.